The largest absolute Gasteiger partial charge is 0.394 e. The number of rotatable bonds is 9. The molecular formula is C16H26ClNOS. The average molecular weight is 316 g/mol. The van der Waals surface area contributed by atoms with Crippen molar-refractivity contribution in [1.29, 1.82) is 0 Å². The zero-order valence-electron chi connectivity index (χ0n) is 12.7. The number of hydrogen-bond donors (Lipinski definition) is 2. The van der Waals surface area contributed by atoms with E-state index in [2.05, 4.69) is 32.2 Å². The van der Waals surface area contributed by atoms with Gasteiger partial charge in [0.15, 0.2) is 0 Å². The predicted molar refractivity (Wildman–Crippen MR) is 90.6 cm³/mol. The van der Waals surface area contributed by atoms with E-state index in [9.17, 15) is 5.11 Å². The molecular weight excluding hydrogens is 290 g/mol. The molecule has 2 atom stereocenters. The number of hydrogen-bond acceptors (Lipinski definition) is 3. The van der Waals surface area contributed by atoms with Gasteiger partial charge in [-0.3, -0.25) is 0 Å². The van der Waals surface area contributed by atoms with Crippen LogP contribution in [0, 0.1) is 0 Å². The molecule has 1 aromatic carbocycles. The van der Waals surface area contributed by atoms with Crippen molar-refractivity contribution in [2.75, 3.05) is 13.2 Å². The predicted octanol–water partition coefficient (Wildman–Crippen LogP) is 4.10. The van der Waals surface area contributed by atoms with Crippen molar-refractivity contribution in [3.63, 3.8) is 0 Å². The van der Waals surface area contributed by atoms with Gasteiger partial charge in [0.2, 0.25) is 0 Å². The second-order valence-corrected chi connectivity index (χ2v) is 7.40. The maximum atomic E-state index is 9.60. The van der Waals surface area contributed by atoms with Crippen LogP contribution in [0.1, 0.15) is 39.2 Å². The first-order chi connectivity index (χ1) is 9.50. The van der Waals surface area contributed by atoms with Crippen LogP contribution < -0.4 is 5.32 Å². The minimum Gasteiger partial charge on any atom is -0.394 e. The van der Waals surface area contributed by atoms with Crippen LogP contribution in [0.5, 0.6) is 0 Å². The lowest BCUT2D eigenvalue weighted by atomic mass is 9.97. The molecule has 0 amide bonds. The lowest BCUT2D eigenvalue weighted by Crippen LogP contribution is -2.47. The molecule has 2 nitrogen and oxygen atoms in total. The van der Waals surface area contributed by atoms with Crippen molar-refractivity contribution >= 4 is 23.4 Å². The molecule has 4 heteroatoms. The Balaban J connectivity index is 2.46. The molecule has 0 aromatic heterocycles. The van der Waals surface area contributed by atoms with Crippen LogP contribution in [0.15, 0.2) is 24.3 Å². The molecule has 114 valence electrons. The fourth-order valence-corrected chi connectivity index (χ4v) is 3.64. The number of thioether (sulfide) groups is 1. The minimum absolute atomic E-state index is 0.171. The van der Waals surface area contributed by atoms with Gasteiger partial charge in [-0.1, -0.05) is 43.6 Å². The van der Waals surface area contributed by atoms with Crippen molar-refractivity contribution in [3.05, 3.63) is 34.9 Å². The summed E-state index contributed by atoms with van der Waals surface area (Å²) >= 11 is 8.05. The van der Waals surface area contributed by atoms with Gasteiger partial charge in [-0.2, -0.15) is 11.8 Å². The normalized spacial score (nSPS) is 15.8. The summed E-state index contributed by atoms with van der Waals surface area (Å²) < 4.78 is 0. The number of nitrogens with one attached hydrogen (secondary N) is 1. The highest BCUT2D eigenvalue weighted by molar-refractivity contribution is 7.99. The van der Waals surface area contributed by atoms with E-state index in [4.69, 9.17) is 11.6 Å². The second kappa shape index (κ2) is 8.93. The van der Waals surface area contributed by atoms with Crippen LogP contribution in [-0.2, 0) is 5.75 Å². The molecule has 2 unspecified atom stereocenters. The van der Waals surface area contributed by atoms with Gasteiger partial charge in [0.05, 0.1) is 6.61 Å². The maximum Gasteiger partial charge on any atom is 0.0611 e. The van der Waals surface area contributed by atoms with Gasteiger partial charge in [-0.25, -0.2) is 0 Å². The molecule has 0 aliphatic carbocycles. The van der Waals surface area contributed by atoms with Crippen LogP contribution in [0.3, 0.4) is 0 Å². The summed E-state index contributed by atoms with van der Waals surface area (Å²) in [5.41, 5.74) is 0.987. The quantitative estimate of drug-likeness (QED) is 0.719. The Morgan fingerprint density at radius 1 is 1.40 bits per heavy atom. The Kier molecular flexibility index (Phi) is 7.96. The van der Waals surface area contributed by atoms with Crippen LogP contribution in [0.25, 0.3) is 0 Å². The third-order valence-electron chi connectivity index (χ3n) is 3.37. The Morgan fingerprint density at radius 2 is 2.10 bits per heavy atom. The number of aliphatic hydroxyl groups excluding tert-OH is 1. The summed E-state index contributed by atoms with van der Waals surface area (Å²) in [5.74, 6) is 0.913. The maximum absolute atomic E-state index is 9.60. The monoisotopic (exact) mass is 315 g/mol. The first-order valence-corrected chi connectivity index (χ1v) is 8.64. The molecule has 1 rings (SSSR count). The smallest absolute Gasteiger partial charge is 0.0611 e. The Labute approximate surface area is 132 Å². The Hall–Kier alpha value is -0.220. The van der Waals surface area contributed by atoms with Crippen molar-refractivity contribution in [1.82, 2.24) is 5.32 Å². The Morgan fingerprint density at radius 3 is 2.70 bits per heavy atom. The summed E-state index contributed by atoms with van der Waals surface area (Å²) in [7, 11) is 0. The topological polar surface area (TPSA) is 32.3 Å². The van der Waals surface area contributed by atoms with E-state index in [0.717, 1.165) is 30.2 Å². The average Bonchev–Trinajstić information content (AvgIpc) is 2.44. The number of halogens is 1. The van der Waals surface area contributed by atoms with Gasteiger partial charge in [-0.05, 0) is 37.9 Å². The molecule has 0 saturated heterocycles. The minimum atomic E-state index is -0.192. The van der Waals surface area contributed by atoms with Gasteiger partial charge in [0.1, 0.15) is 0 Å². The van der Waals surface area contributed by atoms with Crippen molar-refractivity contribution in [2.24, 2.45) is 0 Å². The van der Waals surface area contributed by atoms with Gasteiger partial charge in [-0.15, -0.1) is 0 Å². The molecule has 2 N–H and O–H groups in total. The molecule has 0 spiro atoms. The molecule has 0 heterocycles. The van der Waals surface area contributed by atoms with Crippen LogP contribution >= 0.6 is 23.4 Å². The lowest BCUT2D eigenvalue weighted by Gasteiger charge is -2.31. The summed E-state index contributed by atoms with van der Waals surface area (Å²) in [4.78, 5) is 0. The van der Waals surface area contributed by atoms with Gasteiger partial charge in [0, 0.05) is 21.6 Å². The number of benzene rings is 1. The molecule has 0 saturated carbocycles. The summed E-state index contributed by atoms with van der Waals surface area (Å²) in [6.07, 6.45) is 2.02. The highest BCUT2D eigenvalue weighted by Gasteiger charge is 2.25. The van der Waals surface area contributed by atoms with Crippen molar-refractivity contribution in [2.45, 2.75) is 50.2 Å². The van der Waals surface area contributed by atoms with E-state index in [1.807, 2.05) is 30.0 Å². The number of aliphatic hydroxyl groups is 1. The fourth-order valence-electron chi connectivity index (χ4n) is 2.16. The first kappa shape index (κ1) is 17.8. The van der Waals surface area contributed by atoms with Crippen molar-refractivity contribution < 1.29 is 5.11 Å². The van der Waals surface area contributed by atoms with E-state index in [1.54, 1.807) is 0 Å². The Bertz CT molecular complexity index is 402. The first-order valence-electron chi connectivity index (χ1n) is 7.21. The van der Waals surface area contributed by atoms with Gasteiger partial charge < -0.3 is 10.4 Å². The SMILES string of the molecule is CCCNC(C)(CO)CC(C)SCc1ccccc1Cl. The highest BCUT2D eigenvalue weighted by Crippen LogP contribution is 2.27. The van der Waals surface area contributed by atoms with Gasteiger partial charge >= 0.3 is 0 Å². The molecule has 0 aliphatic heterocycles. The lowest BCUT2D eigenvalue weighted by molar-refractivity contribution is 0.166. The zero-order valence-corrected chi connectivity index (χ0v) is 14.2. The molecule has 0 aliphatic rings. The van der Waals surface area contributed by atoms with Crippen LogP contribution in [0.2, 0.25) is 5.02 Å². The van der Waals surface area contributed by atoms with Gasteiger partial charge in [0.25, 0.3) is 0 Å². The van der Waals surface area contributed by atoms with E-state index in [-0.39, 0.29) is 12.1 Å². The fraction of sp³-hybridized carbons (Fsp3) is 0.625. The highest BCUT2D eigenvalue weighted by atomic mass is 35.5. The second-order valence-electron chi connectivity index (χ2n) is 5.56. The molecule has 0 fully saturated rings. The van der Waals surface area contributed by atoms with Crippen molar-refractivity contribution in [3.8, 4) is 0 Å². The zero-order chi connectivity index (χ0) is 15.0. The van der Waals surface area contributed by atoms with E-state index >= 15 is 0 Å². The molecule has 0 bridgehead atoms. The summed E-state index contributed by atoms with van der Waals surface area (Å²) in [6.45, 7) is 7.56. The third kappa shape index (κ3) is 6.04. The van der Waals surface area contributed by atoms with Crippen LogP contribution in [-0.4, -0.2) is 29.0 Å². The van der Waals surface area contributed by atoms with Crippen LogP contribution in [0.4, 0.5) is 0 Å². The molecule has 0 radical (unpaired) electrons. The van der Waals surface area contributed by atoms with E-state index in [0.29, 0.717) is 5.25 Å². The molecule has 1 aromatic rings. The van der Waals surface area contributed by atoms with E-state index < -0.39 is 0 Å². The third-order valence-corrected chi connectivity index (χ3v) is 4.95. The summed E-state index contributed by atoms with van der Waals surface area (Å²) in [5, 5.41) is 14.3. The standard InChI is InChI=1S/C16H26ClNOS/c1-4-9-18-16(3,12-19)10-13(2)20-11-14-7-5-6-8-15(14)17/h5-8,13,18-19H,4,9-12H2,1-3H3. The van der Waals surface area contributed by atoms with E-state index in [1.165, 1.54) is 5.56 Å². The summed E-state index contributed by atoms with van der Waals surface area (Å²) in [6, 6.07) is 7.98. The molecule has 20 heavy (non-hydrogen) atoms.